The second-order valence-corrected chi connectivity index (χ2v) is 9.34. The zero-order valence-electron chi connectivity index (χ0n) is 15.9. The van der Waals surface area contributed by atoms with Gasteiger partial charge < -0.3 is 9.25 Å². The van der Waals surface area contributed by atoms with Gasteiger partial charge in [0.25, 0.3) is 0 Å². The molecule has 9 nitrogen and oxygen atoms in total. The van der Waals surface area contributed by atoms with Crippen molar-refractivity contribution in [3.05, 3.63) is 36.4 Å². The highest BCUT2D eigenvalue weighted by Gasteiger charge is 2.34. The Hall–Kier alpha value is -2.79. The van der Waals surface area contributed by atoms with Crippen molar-refractivity contribution in [3.63, 3.8) is 0 Å². The summed E-state index contributed by atoms with van der Waals surface area (Å²) in [7, 11) is -3.51. The maximum atomic E-state index is 12.2. The van der Waals surface area contributed by atoms with Gasteiger partial charge in [-0.25, -0.2) is 22.7 Å². The molecule has 0 fully saturated rings. The van der Waals surface area contributed by atoms with Gasteiger partial charge in [-0.2, -0.15) is 0 Å². The fourth-order valence-electron chi connectivity index (χ4n) is 2.82. The van der Waals surface area contributed by atoms with Crippen LogP contribution in [0.2, 0.25) is 0 Å². The van der Waals surface area contributed by atoms with Crippen LogP contribution in [0.3, 0.4) is 0 Å². The van der Waals surface area contributed by atoms with Gasteiger partial charge in [-0.3, -0.25) is 4.98 Å². The van der Waals surface area contributed by atoms with Crippen molar-refractivity contribution >= 4 is 33.0 Å². The first-order chi connectivity index (χ1) is 14.0. The number of thiazole rings is 1. The molecule has 0 atom stereocenters. The largest absolute Gasteiger partial charge is 0.418 e. The first-order valence-electron chi connectivity index (χ1n) is 9.01. The van der Waals surface area contributed by atoms with Crippen molar-refractivity contribution in [2.24, 2.45) is 5.16 Å². The molecule has 0 radical (unpaired) electrons. The van der Waals surface area contributed by atoms with Gasteiger partial charge in [0.1, 0.15) is 22.2 Å². The summed E-state index contributed by atoms with van der Waals surface area (Å²) in [6.07, 6.45) is 7.42. The Kier molecular flexibility index (Phi) is 5.33. The van der Waals surface area contributed by atoms with E-state index in [-0.39, 0.29) is 12.4 Å². The molecule has 0 saturated heterocycles. The Bertz CT molecular complexity index is 1140. The maximum Gasteiger partial charge on any atom is 0.241 e. The summed E-state index contributed by atoms with van der Waals surface area (Å²) in [4.78, 5) is 19.0. The van der Waals surface area contributed by atoms with Gasteiger partial charge in [-0.1, -0.05) is 12.1 Å². The van der Waals surface area contributed by atoms with Crippen molar-refractivity contribution < 1.29 is 17.7 Å². The summed E-state index contributed by atoms with van der Waals surface area (Å²) in [5, 5.41) is 4.91. The third-order valence-corrected chi connectivity index (χ3v) is 6.34. The van der Waals surface area contributed by atoms with Crippen molar-refractivity contribution in [1.82, 2.24) is 15.0 Å². The summed E-state index contributed by atoms with van der Waals surface area (Å²) >= 11 is 1.39. The van der Waals surface area contributed by atoms with Crippen LogP contribution in [0.4, 0.5) is 5.88 Å². The fraction of sp³-hybridized carbons (Fsp3) is 0.333. The van der Waals surface area contributed by atoms with E-state index in [1.54, 1.807) is 18.6 Å². The fourth-order valence-corrected chi connectivity index (χ4v) is 4.50. The molecule has 0 aliphatic carbocycles. The molecule has 0 aromatic carbocycles. The van der Waals surface area contributed by atoms with Crippen molar-refractivity contribution in [2.45, 2.75) is 19.8 Å². The average molecular weight is 434 g/mol. The van der Waals surface area contributed by atoms with Crippen LogP contribution in [0, 0.1) is 0 Å². The molecule has 0 bridgehead atoms. The number of oxazole rings is 1. The number of pyridine rings is 1. The average Bonchev–Trinajstić information content (AvgIpc) is 3.35. The van der Waals surface area contributed by atoms with E-state index in [1.165, 1.54) is 15.6 Å². The first-order valence-corrected chi connectivity index (χ1v) is 11.7. The van der Waals surface area contributed by atoms with Gasteiger partial charge in [-0.15, -0.1) is 11.3 Å². The number of fused-ring (bicyclic) bond motifs is 1. The molecule has 0 spiro atoms. The number of hydrogen-bond acceptors (Lipinski definition) is 9. The Morgan fingerprint density at radius 3 is 2.97 bits per heavy atom. The number of sulfonamides is 1. The standard InChI is InChI=1S/C18H19N5O4S2/c1-3-9-26-22-13-6-8-23(29(2,24)25)18-15(13)21-16(27-18)14-11-20-17(28-14)12-5-4-7-19-10-12/h4-5,7,10-11H,3,6,8-9H2,1-2H3/b22-13+. The zero-order chi connectivity index (χ0) is 20.4. The highest BCUT2D eigenvalue weighted by atomic mass is 32.2. The summed E-state index contributed by atoms with van der Waals surface area (Å²) in [6, 6.07) is 3.75. The summed E-state index contributed by atoms with van der Waals surface area (Å²) in [5.74, 6) is 0.449. The predicted molar refractivity (Wildman–Crippen MR) is 110 cm³/mol. The second kappa shape index (κ2) is 7.91. The number of aromatic nitrogens is 3. The number of anilines is 1. The molecule has 0 amide bonds. The number of hydrogen-bond donors (Lipinski definition) is 0. The maximum absolute atomic E-state index is 12.2. The Morgan fingerprint density at radius 1 is 1.38 bits per heavy atom. The van der Waals surface area contributed by atoms with E-state index < -0.39 is 10.0 Å². The molecule has 0 unspecified atom stereocenters. The Labute approximate surface area is 172 Å². The molecule has 1 aliphatic rings. The molecule has 3 aromatic heterocycles. The van der Waals surface area contributed by atoms with Crippen LogP contribution in [0.15, 0.2) is 40.3 Å². The second-order valence-electron chi connectivity index (χ2n) is 6.40. The lowest BCUT2D eigenvalue weighted by molar-refractivity contribution is 0.144. The minimum absolute atomic E-state index is 0.156. The van der Waals surface area contributed by atoms with Gasteiger partial charge in [-0.05, 0) is 18.6 Å². The van der Waals surface area contributed by atoms with Crippen LogP contribution in [0.25, 0.3) is 21.3 Å². The summed E-state index contributed by atoms with van der Waals surface area (Å²) < 4.78 is 31.5. The number of oxime groups is 1. The summed E-state index contributed by atoms with van der Waals surface area (Å²) in [6.45, 7) is 2.68. The lowest BCUT2D eigenvalue weighted by atomic mass is 10.1. The lowest BCUT2D eigenvalue weighted by Crippen LogP contribution is -2.36. The lowest BCUT2D eigenvalue weighted by Gasteiger charge is -2.24. The number of nitrogens with zero attached hydrogens (tertiary/aromatic N) is 5. The number of rotatable bonds is 6. The first kappa shape index (κ1) is 19.5. The van der Waals surface area contributed by atoms with Crippen LogP contribution in [0.5, 0.6) is 0 Å². The molecule has 4 heterocycles. The topological polar surface area (TPSA) is 111 Å². The molecule has 29 heavy (non-hydrogen) atoms. The van der Waals surface area contributed by atoms with E-state index in [9.17, 15) is 8.42 Å². The van der Waals surface area contributed by atoms with Crippen LogP contribution >= 0.6 is 11.3 Å². The van der Waals surface area contributed by atoms with Crippen LogP contribution in [-0.2, 0) is 14.9 Å². The minimum atomic E-state index is -3.51. The molecular weight excluding hydrogens is 414 g/mol. The van der Waals surface area contributed by atoms with E-state index in [4.69, 9.17) is 9.25 Å². The van der Waals surface area contributed by atoms with Crippen LogP contribution in [0.1, 0.15) is 25.5 Å². The molecule has 11 heteroatoms. The van der Waals surface area contributed by atoms with Gasteiger partial charge in [0.05, 0.1) is 12.5 Å². The molecule has 1 aliphatic heterocycles. The van der Waals surface area contributed by atoms with Crippen molar-refractivity contribution in [2.75, 3.05) is 23.7 Å². The Balaban J connectivity index is 1.74. The van der Waals surface area contributed by atoms with Gasteiger partial charge in [0.2, 0.25) is 21.8 Å². The van der Waals surface area contributed by atoms with E-state index in [2.05, 4.69) is 20.1 Å². The molecule has 0 N–H and O–H groups in total. The van der Waals surface area contributed by atoms with Crippen LogP contribution < -0.4 is 4.31 Å². The van der Waals surface area contributed by atoms with Crippen molar-refractivity contribution in [3.8, 4) is 21.3 Å². The summed E-state index contributed by atoms with van der Waals surface area (Å²) in [5.41, 5.74) is 1.83. The third-order valence-electron chi connectivity index (χ3n) is 4.16. The van der Waals surface area contributed by atoms with E-state index in [1.807, 2.05) is 19.1 Å². The third kappa shape index (κ3) is 4.01. The monoisotopic (exact) mass is 433 g/mol. The molecule has 3 aromatic rings. The van der Waals surface area contributed by atoms with Gasteiger partial charge in [0, 0.05) is 30.9 Å². The highest BCUT2D eigenvalue weighted by molar-refractivity contribution is 7.92. The van der Waals surface area contributed by atoms with E-state index in [0.717, 1.165) is 23.2 Å². The zero-order valence-corrected chi connectivity index (χ0v) is 17.5. The van der Waals surface area contributed by atoms with E-state index in [0.29, 0.717) is 35.2 Å². The van der Waals surface area contributed by atoms with Crippen LogP contribution in [-0.4, -0.2) is 48.5 Å². The molecule has 0 saturated carbocycles. The smallest absolute Gasteiger partial charge is 0.241 e. The SMILES string of the molecule is CCCO/N=C1\CCN(S(C)(=O)=O)c2oc(-c3cnc(-c4cccnc4)s3)nc21. The molecular formula is C18H19N5O4S2. The Morgan fingerprint density at radius 2 is 2.24 bits per heavy atom. The van der Waals surface area contributed by atoms with Gasteiger partial charge >= 0.3 is 0 Å². The van der Waals surface area contributed by atoms with E-state index >= 15 is 0 Å². The predicted octanol–water partition coefficient (Wildman–Crippen LogP) is 3.16. The van der Waals surface area contributed by atoms with Crippen molar-refractivity contribution in [1.29, 1.82) is 0 Å². The normalized spacial score (nSPS) is 15.5. The minimum Gasteiger partial charge on any atom is -0.418 e. The van der Waals surface area contributed by atoms with Gasteiger partial charge in [0.15, 0.2) is 5.69 Å². The molecule has 152 valence electrons. The molecule has 4 rings (SSSR count). The highest BCUT2D eigenvalue weighted by Crippen LogP contribution is 2.37. The quantitative estimate of drug-likeness (QED) is 0.434.